The predicted octanol–water partition coefficient (Wildman–Crippen LogP) is -2.59. The number of hydrogen-bond acceptors (Lipinski definition) is 5. The Morgan fingerprint density at radius 1 is 1.24 bits per heavy atom. The minimum absolute atomic E-state index is 0.0469. The highest BCUT2D eigenvalue weighted by Gasteiger charge is 2.12. The molecule has 6 N–H and O–H groups in total. The van der Waals surface area contributed by atoms with Gasteiger partial charge in [0.2, 0.25) is 10.0 Å². The van der Waals surface area contributed by atoms with Crippen molar-refractivity contribution < 1.29 is 28.2 Å². The molecule has 0 aliphatic heterocycles. The molecule has 0 aromatic carbocycles. The van der Waals surface area contributed by atoms with E-state index in [-0.39, 0.29) is 19.5 Å². The van der Waals surface area contributed by atoms with Gasteiger partial charge in [0.25, 0.3) is 0 Å². The Morgan fingerprint density at radius 2 is 1.76 bits per heavy atom. The van der Waals surface area contributed by atoms with Crippen LogP contribution in [0.15, 0.2) is 0 Å². The van der Waals surface area contributed by atoms with Crippen molar-refractivity contribution in [3.05, 3.63) is 0 Å². The molecule has 1 atom stereocenters. The third kappa shape index (κ3) is 9.53. The third-order valence-electron chi connectivity index (χ3n) is 1.66. The molecule has 2 amide bonds. The van der Waals surface area contributed by atoms with Crippen LogP contribution in [0.25, 0.3) is 0 Å². The smallest absolute Gasteiger partial charge is 0.332 e. The number of rotatable bonds is 7. The summed E-state index contributed by atoms with van der Waals surface area (Å²) in [5.41, 5.74) is 0. The first-order valence-corrected chi connectivity index (χ1v) is 6.37. The molecule has 0 rings (SSSR count). The van der Waals surface area contributed by atoms with E-state index in [1.54, 1.807) is 0 Å². The Kier molecular flexibility index (Phi) is 6.46. The lowest BCUT2D eigenvalue weighted by atomic mass is 10.2. The summed E-state index contributed by atoms with van der Waals surface area (Å²) in [6.07, 6.45) is -1.68. The minimum atomic E-state index is -3.63. The van der Waals surface area contributed by atoms with Gasteiger partial charge < -0.3 is 20.8 Å². The van der Waals surface area contributed by atoms with E-state index in [9.17, 15) is 18.0 Å². The topological polar surface area (TPSA) is 159 Å². The van der Waals surface area contributed by atoms with Gasteiger partial charge in [0, 0.05) is 19.5 Å². The number of carboxylic acid groups (broad SMARTS) is 1. The number of hydrogen-bond donors (Lipinski definition) is 5. The fraction of sp³-hybridized carbons (Fsp3) is 0.714. The number of carbonyl (C=O) groups excluding carboxylic acids is 1. The van der Waals surface area contributed by atoms with Gasteiger partial charge in [-0.1, -0.05) is 0 Å². The van der Waals surface area contributed by atoms with Crippen molar-refractivity contribution in [2.75, 3.05) is 18.8 Å². The Labute approximate surface area is 98.0 Å². The van der Waals surface area contributed by atoms with Gasteiger partial charge in [0.15, 0.2) is 6.10 Å². The molecule has 0 aliphatic rings. The fourth-order valence-corrected chi connectivity index (χ4v) is 1.20. The summed E-state index contributed by atoms with van der Waals surface area (Å²) < 4.78 is 21.0. The maximum Gasteiger partial charge on any atom is 0.332 e. The number of sulfonamides is 1. The Morgan fingerprint density at radius 3 is 2.24 bits per heavy atom. The van der Waals surface area contributed by atoms with Gasteiger partial charge in [0.05, 0.1) is 5.75 Å². The van der Waals surface area contributed by atoms with Crippen LogP contribution in [0.5, 0.6) is 0 Å². The van der Waals surface area contributed by atoms with E-state index in [1.165, 1.54) is 0 Å². The first kappa shape index (κ1) is 15.6. The average Bonchev–Trinajstić information content (AvgIpc) is 2.15. The largest absolute Gasteiger partial charge is 0.479 e. The first-order chi connectivity index (χ1) is 7.72. The summed E-state index contributed by atoms with van der Waals surface area (Å²) in [5.74, 6) is -1.76. The van der Waals surface area contributed by atoms with Crippen molar-refractivity contribution in [2.45, 2.75) is 12.5 Å². The van der Waals surface area contributed by atoms with Gasteiger partial charge in [-0.2, -0.15) is 0 Å². The van der Waals surface area contributed by atoms with Gasteiger partial charge in [0.1, 0.15) is 0 Å². The minimum Gasteiger partial charge on any atom is -0.479 e. The molecule has 0 aromatic heterocycles. The number of nitrogens with one attached hydrogen (secondary N) is 2. The molecule has 17 heavy (non-hydrogen) atoms. The van der Waals surface area contributed by atoms with Crippen LogP contribution in [0.1, 0.15) is 6.42 Å². The lowest BCUT2D eigenvalue weighted by Gasteiger charge is -2.08. The maximum absolute atomic E-state index is 11.0. The number of carboxylic acids is 1. The normalized spacial score (nSPS) is 12.8. The number of nitrogens with two attached hydrogens (primary N) is 1. The summed E-state index contributed by atoms with van der Waals surface area (Å²) in [6, 6.07) is -0.661. The Balaban J connectivity index is 3.64. The van der Waals surface area contributed by atoms with E-state index in [1.807, 2.05) is 0 Å². The van der Waals surface area contributed by atoms with Crippen LogP contribution in [0.4, 0.5) is 4.79 Å². The molecule has 0 heterocycles. The molecular weight excluding hydrogens is 254 g/mol. The van der Waals surface area contributed by atoms with E-state index in [0.717, 1.165) is 0 Å². The highest BCUT2D eigenvalue weighted by molar-refractivity contribution is 7.89. The van der Waals surface area contributed by atoms with Crippen LogP contribution in [-0.2, 0) is 14.8 Å². The highest BCUT2D eigenvalue weighted by Crippen LogP contribution is 1.88. The molecule has 0 spiro atoms. The number of carbonyl (C=O) groups is 2. The number of aliphatic carboxylic acids is 1. The molecule has 0 unspecified atom stereocenters. The number of primary sulfonamides is 1. The molecule has 100 valence electrons. The van der Waals surface area contributed by atoms with E-state index in [2.05, 4.69) is 10.6 Å². The van der Waals surface area contributed by atoms with Gasteiger partial charge in [-0.05, 0) is 0 Å². The van der Waals surface area contributed by atoms with Crippen molar-refractivity contribution >= 4 is 22.0 Å². The van der Waals surface area contributed by atoms with Crippen LogP contribution in [0.2, 0.25) is 0 Å². The fourth-order valence-electron chi connectivity index (χ4n) is 0.815. The number of aliphatic hydroxyl groups excluding tert-OH is 1. The van der Waals surface area contributed by atoms with E-state index in [4.69, 9.17) is 15.4 Å². The molecule has 0 bridgehead atoms. The Bertz CT molecular complexity index is 368. The zero-order valence-corrected chi connectivity index (χ0v) is 9.74. The summed E-state index contributed by atoms with van der Waals surface area (Å²) in [4.78, 5) is 21.2. The summed E-state index contributed by atoms with van der Waals surface area (Å²) in [5, 5.41) is 26.3. The number of urea groups is 1. The Hall–Kier alpha value is -1.39. The second kappa shape index (κ2) is 7.04. The SMILES string of the molecule is NS(=O)(=O)CCNC(=O)NCC[C@H](O)C(=O)O. The second-order valence-corrected chi connectivity index (χ2v) is 4.93. The number of amides is 2. The lowest BCUT2D eigenvalue weighted by molar-refractivity contribution is -0.146. The summed E-state index contributed by atoms with van der Waals surface area (Å²) >= 11 is 0. The van der Waals surface area contributed by atoms with Gasteiger partial charge in [-0.3, -0.25) is 0 Å². The van der Waals surface area contributed by atoms with Gasteiger partial charge in [-0.25, -0.2) is 23.1 Å². The van der Waals surface area contributed by atoms with Gasteiger partial charge in [-0.15, -0.1) is 0 Å². The van der Waals surface area contributed by atoms with Crippen molar-refractivity contribution in [3.63, 3.8) is 0 Å². The highest BCUT2D eigenvalue weighted by atomic mass is 32.2. The average molecular weight is 269 g/mol. The van der Waals surface area contributed by atoms with Crippen molar-refractivity contribution in [1.29, 1.82) is 0 Å². The molecule has 0 radical (unpaired) electrons. The zero-order chi connectivity index (χ0) is 13.5. The number of aliphatic hydroxyl groups is 1. The summed E-state index contributed by atoms with van der Waals surface area (Å²) in [6.45, 7) is -0.194. The van der Waals surface area contributed by atoms with Crippen LogP contribution >= 0.6 is 0 Å². The van der Waals surface area contributed by atoms with Crippen LogP contribution < -0.4 is 15.8 Å². The lowest BCUT2D eigenvalue weighted by Crippen LogP contribution is -2.40. The monoisotopic (exact) mass is 269 g/mol. The van der Waals surface area contributed by atoms with Crippen molar-refractivity contribution in [3.8, 4) is 0 Å². The van der Waals surface area contributed by atoms with E-state index < -0.39 is 33.9 Å². The van der Waals surface area contributed by atoms with Crippen LogP contribution in [0.3, 0.4) is 0 Å². The van der Waals surface area contributed by atoms with Crippen LogP contribution in [0, 0.1) is 0 Å². The molecule has 0 saturated heterocycles. The van der Waals surface area contributed by atoms with Crippen molar-refractivity contribution in [1.82, 2.24) is 10.6 Å². The third-order valence-corrected chi connectivity index (χ3v) is 2.43. The molecule has 0 aliphatic carbocycles. The maximum atomic E-state index is 11.0. The van der Waals surface area contributed by atoms with Crippen LogP contribution in [-0.4, -0.2) is 55.6 Å². The van der Waals surface area contributed by atoms with E-state index in [0.29, 0.717) is 0 Å². The molecule has 0 saturated carbocycles. The van der Waals surface area contributed by atoms with Crippen molar-refractivity contribution in [2.24, 2.45) is 5.14 Å². The summed E-state index contributed by atoms with van der Waals surface area (Å²) in [7, 11) is -3.63. The molecule has 9 nitrogen and oxygen atoms in total. The molecule has 0 aromatic rings. The zero-order valence-electron chi connectivity index (χ0n) is 8.92. The second-order valence-electron chi connectivity index (χ2n) is 3.19. The van der Waals surface area contributed by atoms with Gasteiger partial charge >= 0.3 is 12.0 Å². The predicted molar refractivity (Wildman–Crippen MR) is 57.6 cm³/mol. The van der Waals surface area contributed by atoms with E-state index >= 15 is 0 Å². The molecular formula is C7H15N3O6S. The molecule has 10 heteroatoms. The quantitative estimate of drug-likeness (QED) is 0.341. The standard InChI is InChI=1S/C7H15N3O6S/c8-17(15,16)4-3-10-7(14)9-2-1-5(11)6(12)13/h5,11H,1-4H2,(H,12,13)(H2,8,15,16)(H2,9,10,14)/t5-/m0/s1. The first-order valence-electron chi connectivity index (χ1n) is 4.65. The molecule has 0 fully saturated rings.